The molecule has 214 valence electrons. The molecule has 0 bridgehead atoms. The normalized spacial score (nSPS) is 12.9. The molecule has 0 heterocycles. The van der Waals surface area contributed by atoms with Gasteiger partial charge in [-0.3, -0.25) is 13.9 Å². The summed E-state index contributed by atoms with van der Waals surface area (Å²) in [5, 5.41) is 3.68. The molecule has 10 heteroatoms. The minimum Gasteiger partial charge on any atom is -0.352 e. The van der Waals surface area contributed by atoms with Crippen molar-refractivity contribution in [3.63, 3.8) is 0 Å². The number of nitrogens with zero attached hydrogens (tertiary/aromatic N) is 2. The van der Waals surface area contributed by atoms with E-state index in [-0.39, 0.29) is 23.4 Å². The van der Waals surface area contributed by atoms with Crippen molar-refractivity contribution < 1.29 is 18.0 Å². The van der Waals surface area contributed by atoms with Crippen LogP contribution in [-0.4, -0.2) is 43.8 Å². The Labute approximate surface area is 247 Å². The van der Waals surface area contributed by atoms with Gasteiger partial charge in [-0.15, -0.1) is 0 Å². The second-order valence-electron chi connectivity index (χ2n) is 9.91. The third-order valence-corrected chi connectivity index (χ3v) is 9.08. The number of anilines is 1. The molecule has 0 fully saturated rings. The van der Waals surface area contributed by atoms with Crippen LogP contribution in [0.15, 0.2) is 71.6 Å². The predicted octanol–water partition coefficient (Wildman–Crippen LogP) is 6.14. The smallest absolute Gasteiger partial charge is 0.264 e. The zero-order valence-electron chi connectivity index (χ0n) is 23.3. The summed E-state index contributed by atoms with van der Waals surface area (Å²) in [7, 11) is -4.13. The van der Waals surface area contributed by atoms with Crippen LogP contribution in [0, 0.1) is 13.8 Å². The summed E-state index contributed by atoms with van der Waals surface area (Å²) in [6, 6.07) is 17.3. The van der Waals surface area contributed by atoms with E-state index in [1.54, 1.807) is 55.5 Å². The summed E-state index contributed by atoms with van der Waals surface area (Å²) in [6.45, 7) is 8.61. The predicted molar refractivity (Wildman–Crippen MR) is 161 cm³/mol. The van der Waals surface area contributed by atoms with E-state index in [0.717, 1.165) is 15.4 Å². The molecule has 0 unspecified atom stereocenters. The Balaban J connectivity index is 2.05. The molecule has 0 saturated carbocycles. The van der Waals surface area contributed by atoms with Gasteiger partial charge in [-0.05, 0) is 81.6 Å². The van der Waals surface area contributed by atoms with Gasteiger partial charge in [-0.25, -0.2) is 8.42 Å². The maximum atomic E-state index is 14.0. The molecular formula is C30H35Cl2N3O4S. The van der Waals surface area contributed by atoms with Crippen molar-refractivity contribution in [3.8, 4) is 0 Å². The van der Waals surface area contributed by atoms with Crippen LogP contribution in [0.1, 0.15) is 43.9 Å². The number of halogens is 2. The molecule has 0 aliphatic rings. The van der Waals surface area contributed by atoms with Gasteiger partial charge in [0.15, 0.2) is 0 Å². The zero-order chi connectivity index (χ0) is 29.6. The average molecular weight is 605 g/mol. The number of rotatable bonds is 11. The van der Waals surface area contributed by atoms with Crippen molar-refractivity contribution >= 4 is 50.7 Å². The topological polar surface area (TPSA) is 86.8 Å². The van der Waals surface area contributed by atoms with E-state index in [2.05, 4.69) is 5.32 Å². The molecule has 0 aromatic heterocycles. The highest BCUT2D eigenvalue weighted by molar-refractivity contribution is 7.92. The van der Waals surface area contributed by atoms with Gasteiger partial charge in [-0.2, -0.15) is 0 Å². The van der Waals surface area contributed by atoms with Gasteiger partial charge < -0.3 is 10.2 Å². The highest BCUT2D eigenvalue weighted by atomic mass is 35.5. The molecule has 0 aliphatic heterocycles. The zero-order valence-corrected chi connectivity index (χ0v) is 25.6. The molecule has 7 nitrogen and oxygen atoms in total. The van der Waals surface area contributed by atoms with Crippen molar-refractivity contribution in [1.82, 2.24) is 10.2 Å². The Bertz CT molecular complexity index is 1460. The van der Waals surface area contributed by atoms with Crippen molar-refractivity contribution in [3.05, 3.63) is 93.5 Å². The van der Waals surface area contributed by atoms with E-state index < -0.39 is 28.5 Å². The van der Waals surface area contributed by atoms with Crippen LogP contribution >= 0.6 is 23.2 Å². The molecule has 40 heavy (non-hydrogen) atoms. The Morgan fingerprint density at radius 1 is 0.925 bits per heavy atom. The summed E-state index contributed by atoms with van der Waals surface area (Å²) in [6.07, 6.45) is 0.714. The van der Waals surface area contributed by atoms with Crippen molar-refractivity contribution in [2.24, 2.45) is 0 Å². The highest BCUT2D eigenvalue weighted by Gasteiger charge is 2.33. The molecule has 0 aliphatic carbocycles. The minimum atomic E-state index is -4.13. The lowest BCUT2D eigenvalue weighted by Gasteiger charge is -2.32. The molecule has 1 N–H and O–H groups in total. The Morgan fingerprint density at radius 3 is 2.20 bits per heavy atom. The van der Waals surface area contributed by atoms with Crippen LogP contribution in [0.3, 0.4) is 0 Å². The number of hydrogen-bond donors (Lipinski definition) is 1. The standard InChI is InChI=1S/C30H35Cl2N3O4S/c1-6-22(4)33-30(37)23(5)34(18-24-12-13-25(31)17-28(24)32)29(36)19-35(26-9-7-8-21(3)16-26)40(38,39)27-14-10-20(2)11-15-27/h7-17,22-23H,6,18-19H2,1-5H3,(H,33,37)/t22-,23-/m0/s1. The fourth-order valence-electron chi connectivity index (χ4n) is 4.03. The number of hydrogen-bond acceptors (Lipinski definition) is 4. The molecule has 3 aromatic rings. The molecular weight excluding hydrogens is 569 g/mol. The van der Waals surface area contributed by atoms with E-state index in [0.29, 0.717) is 27.7 Å². The molecule has 0 spiro atoms. The lowest BCUT2D eigenvalue weighted by molar-refractivity contribution is -0.139. The van der Waals surface area contributed by atoms with Crippen LogP contribution in [-0.2, 0) is 26.2 Å². The van der Waals surface area contributed by atoms with Gasteiger partial charge in [0.25, 0.3) is 10.0 Å². The van der Waals surface area contributed by atoms with Gasteiger partial charge in [0.1, 0.15) is 12.6 Å². The van der Waals surface area contributed by atoms with Gasteiger partial charge in [0.2, 0.25) is 11.8 Å². The molecule has 0 saturated heterocycles. The maximum Gasteiger partial charge on any atom is 0.264 e. The number of carbonyl (C=O) groups is 2. The van der Waals surface area contributed by atoms with Crippen LogP contribution in [0.2, 0.25) is 10.0 Å². The summed E-state index contributed by atoms with van der Waals surface area (Å²) in [5.74, 6) is -0.911. The number of benzene rings is 3. The SMILES string of the molecule is CC[C@H](C)NC(=O)[C@H](C)N(Cc1ccc(Cl)cc1Cl)C(=O)CN(c1cccc(C)c1)S(=O)(=O)c1ccc(C)cc1. The van der Waals surface area contributed by atoms with E-state index in [1.165, 1.54) is 17.0 Å². The average Bonchev–Trinajstić information content (AvgIpc) is 2.90. The quantitative estimate of drug-likeness (QED) is 0.285. The van der Waals surface area contributed by atoms with Crippen LogP contribution in [0.25, 0.3) is 0 Å². The summed E-state index contributed by atoms with van der Waals surface area (Å²) in [5.41, 5.74) is 2.66. The maximum absolute atomic E-state index is 14.0. The fraction of sp³-hybridized carbons (Fsp3) is 0.333. The second-order valence-corrected chi connectivity index (χ2v) is 12.6. The third-order valence-electron chi connectivity index (χ3n) is 6.70. The van der Waals surface area contributed by atoms with Gasteiger partial charge >= 0.3 is 0 Å². The first kappa shape index (κ1) is 31.5. The van der Waals surface area contributed by atoms with Crippen LogP contribution in [0.4, 0.5) is 5.69 Å². The first-order valence-corrected chi connectivity index (χ1v) is 15.2. The van der Waals surface area contributed by atoms with Crippen LogP contribution < -0.4 is 9.62 Å². The Morgan fingerprint density at radius 2 is 1.60 bits per heavy atom. The number of amides is 2. The first-order valence-electron chi connectivity index (χ1n) is 13.0. The van der Waals surface area contributed by atoms with Crippen LogP contribution in [0.5, 0.6) is 0 Å². The fourth-order valence-corrected chi connectivity index (χ4v) is 5.91. The Kier molecular flexibility index (Phi) is 10.6. The van der Waals surface area contributed by atoms with Crippen molar-refractivity contribution in [2.75, 3.05) is 10.8 Å². The number of aryl methyl sites for hydroxylation is 2. The molecule has 0 radical (unpaired) electrons. The van der Waals surface area contributed by atoms with Crippen molar-refractivity contribution in [2.45, 2.75) is 64.6 Å². The lowest BCUT2D eigenvalue weighted by Crippen LogP contribution is -2.52. The van der Waals surface area contributed by atoms with Gasteiger partial charge in [0, 0.05) is 22.6 Å². The van der Waals surface area contributed by atoms with Crippen molar-refractivity contribution in [1.29, 1.82) is 0 Å². The highest BCUT2D eigenvalue weighted by Crippen LogP contribution is 2.27. The second kappa shape index (κ2) is 13.5. The first-order chi connectivity index (χ1) is 18.8. The summed E-state index contributed by atoms with van der Waals surface area (Å²) >= 11 is 12.5. The van der Waals surface area contributed by atoms with E-state index in [9.17, 15) is 18.0 Å². The lowest BCUT2D eigenvalue weighted by atomic mass is 10.1. The Hall–Kier alpha value is -3.07. The van der Waals surface area contributed by atoms with E-state index in [1.807, 2.05) is 33.8 Å². The molecule has 2 amide bonds. The van der Waals surface area contributed by atoms with Gasteiger partial charge in [0.05, 0.1) is 10.6 Å². The van der Waals surface area contributed by atoms with E-state index in [4.69, 9.17) is 23.2 Å². The number of sulfonamides is 1. The summed E-state index contributed by atoms with van der Waals surface area (Å²) in [4.78, 5) is 28.6. The summed E-state index contributed by atoms with van der Waals surface area (Å²) < 4.78 is 28.9. The largest absolute Gasteiger partial charge is 0.352 e. The molecule has 3 rings (SSSR count). The third kappa shape index (κ3) is 7.77. The van der Waals surface area contributed by atoms with E-state index >= 15 is 0 Å². The number of nitrogens with one attached hydrogen (secondary N) is 1. The van der Waals surface area contributed by atoms with Gasteiger partial charge in [-0.1, -0.05) is 66.0 Å². The minimum absolute atomic E-state index is 0.0177. The number of carbonyl (C=O) groups excluding carboxylic acids is 2. The monoisotopic (exact) mass is 603 g/mol. The molecule has 2 atom stereocenters. The molecule has 3 aromatic carbocycles.